The molecule has 2 heterocycles. The molecule has 0 radical (unpaired) electrons. The minimum Gasteiger partial charge on any atom is -0.485 e. The lowest BCUT2D eigenvalue weighted by atomic mass is 10.3. The second-order valence-corrected chi connectivity index (χ2v) is 3.32. The number of nitrogens with zero attached hydrogens (tertiary/aromatic N) is 1. The molecule has 1 aromatic carbocycles. The Bertz CT molecular complexity index is 451. The molecule has 0 saturated heterocycles. The zero-order valence-corrected chi connectivity index (χ0v) is 8.01. The van der Waals surface area contributed by atoms with Crippen molar-refractivity contribution in [3.8, 4) is 17.2 Å². The maximum Gasteiger partial charge on any atom is 0.169 e. The van der Waals surface area contributed by atoms with Gasteiger partial charge >= 0.3 is 0 Å². The summed E-state index contributed by atoms with van der Waals surface area (Å²) in [4.78, 5) is 4.04. The van der Waals surface area contributed by atoms with Crippen molar-refractivity contribution >= 4 is 0 Å². The molecule has 2 aromatic rings. The quantitative estimate of drug-likeness (QED) is 0.653. The standard InChI is InChI=1S/C12H9NO2/c1-2-4-12-11(3-1)14-8-9-7-13-6-5-10(9)15-12/h1-7H,8H2. The first kappa shape index (κ1) is 8.29. The van der Waals surface area contributed by atoms with Gasteiger partial charge in [-0.3, -0.25) is 4.98 Å². The monoisotopic (exact) mass is 199 g/mol. The van der Waals surface area contributed by atoms with Gasteiger partial charge in [0.2, 0.25) is 0 Å². The highest BCUT2D eigenvalue weighted by Gasteiger charge is 2.14. The minimum atomic E-state index is 0.500. The van der Waals surface area contributed by atoms with E-state index in [0.717, 1.165) is 22.8 Å². The third kappa shape index (κ3) is 1.42. The third-order valence-electron chi connectivity index (χ3n) is 2.31. The molecule has 15 heavy (non-hydrogen) atoms. The van der Waals surface area contributed by atoms with Crippen molar-refractivity contribution in [2.75, 3.05) is 0 Å². The summed E-state index contributed by atoms with van der Waals surface area (Å²) in [5, 5.41) is 0. The lowest BCUT2D eigenvalue weighted by molar-refractivity contribution is 0.306. The minimum absolute atomic E-state index is 0.500. The first-order valence-corrected chi connectivity index (χ1v) is 4.76. The number of hydrogen-bond acceptors (Lipinski definition) is 3. The average Bonchev–Trinajstić information content (AvgIpc) is 2.48. The Labute approximate surface area is 87.3 Å². The molecule has 3 nitrogen and oxygen atoms in total. The SMILES string of the molecule is c1ccc2c(c1)OCc1cnccc1O2. The van der Waals surface area contributed by atoms with Crippen LogP contribution in [0.4, 0.5) is 0 Å². The Hall–Kier alpha value is -2.03. The number of rotatable bonds is 0. The largest absolute Gasteiger partial charge is 0.485 e. The zero-order chi connectivity index (χ0) is 10.1. The van der Waals surface area contributed by atoms with Crippen LogP contribution in [0.3, 0.4) is 0 Å². The molecular weight excluding hydrogens is 190 g/mol. The Kier molecular flexibility index (Phi) is 1.81. The molecule has 0 unspecified atom stereocenters. The molecule has 3 heteroatoms. The van der Waals surface area contributed by atoms with Crippen LogP contribution in [0.1, 0.15) is 5.56 Å². The van der Waals surface area contributed by atoms with Crippen LogP contribution in [0, 0.1) is 0 Å². The van der Waals surface area contributed by atoms with Gasteiger partial charge in [0.1, 0.15) is 12.4 Å². The lowest BCUT2D eigenvalue weighted by Gasteiger charge is -2.05. The van der Waals surface area contributed by atoms with Crippen molar-refractivity contribution in [2.45, 2.75) is 6.61 Å². The summed E-state index contributed by atoms with van der Waals surface area (Å²) in [6, 6.07) is 9.49. The van der Waals surface area contributed by atoms with Gasteiger partial charge in [-0.2, -0.15) is 0 Å². The number of para-hydroxylation sites is 2. The summed E-state index contributed by atoms with van der Waals surface area (Å²) in [6.07, 6.45) is 3.48. The first-order valence-electron chi connectivity index (χ1n) is 4.76. The molecule has 1 aliphatic heterocycles. The smallest absolute Gasteiger partial charge is 0.169 e. The number of benzene rings is 1. The van der Waals surface area contributed by atoms with E-state index in [4.69, 9.17) is 9.47 Å². The van der Waals surface area contributed by atoms with E-state index < -0.39 is 0 Å². The van der Waals surface area contributed by atoms with E-state index in [1.165, 1.54) is 0 Å². The summed E-state index contributed by atoms with van der Waals surface area (Å²) >= 11 is 0. The molecule has 0 fully saturated rings. The third-order valence-corrected chi connectivity index (χ3v) is 2.31. The van der Waals surface area contributed by atoms with E-state index in [9.17, 15) is 0 Å². The van der Waals surface area contributed by atoms with Gasteiger partial charge in [-0.1, -0.05) is 12.1 Å². The number of pyridine rings is 1. The number of ether oxygens (including phenoxy) is 2. The van der Waals surface area contributed by atoms with E-state index in [1.54, 1.807) is 12.4 Å². The maximum atomic E-state index is 5.74. The van der Waals surface area contributed by atoms with Crippen molar-refractivity contribution in [2.24, 2.45) is 0 Å². The summed E-state index contributed by atoms with van der Waals surface area (Å²) < 4.78 is 11.3. The summed E-state index contributed by atoms with van der Waals surface area (Å²) in [5.74, 6) is 2.34. The van der Waals surface area contributed by atoms with Crippen LogP contribution in [0.5, 0.6) is 17.2 Å². The Morgan fingerprint density at radius 3 is 2.80 bits per heavy atom. The lowest BCUT2D eigenvalue weighted by Crippen LogP contribution is -1.93. The highest BCUT2D eigenvalue weighted by atomic mass is 16.5. The summed E-state index contributed by atoms with van der Waals surface area (Å²) in [6.45, 7) is 0.500. The highest BCUT2D eigenvalue weighted by molar-refractivity contribution is 5.46. The summed E-state index contributed by atoms with van der Waals surface area (Å²) in [5.41, 5.74) is 0.966. The number of hydrogen-bond donors (Lipinski definition) is 0. The van der Waals surface area contributed by atoms with Crippen LogP contribution in [0.25, 0.3) is 0 Å². The van der Waals surface area contributed by atoms with E-state index in [1.807, 2.05) is 30.3 Å². The molecule has 1 aliphatic rings. The predicted octanol–water partition coefficient (Wildman–Crippen LogP) is 2.77. The molecule has 0 atom stereocenters. The fourth-order valence-electron chi connectivity index (χ4n) is 1.55. The molecule has 0 amide bonds. The maximum absolute atomic E-state index is 5.74. The van der Waals surface area contributed by atoms with Crippen LogP contribution in [0.15, 0.2) is 42.7 Å². The second kappa shape index (κ2) is 3.28. The van der Waals surface area contributed by atoms with E-state index in [0.29, 0.717) is 6.61 Å². The first-order chi connectivity index (χ1) is 7.43. The van der Waals surface area contributed by atoms with Gasteiger partial charge in [-0.05, 0) is 18.2 Å². The van der Waals surface area contributed by atoms with Crippen LogP contribution >= 0.6 is 0 Å². The zero-order valence-electron chi connectivity index (χ0n) is 8.01. The molecule has 0 saturated carbocycles. The molecule has 0 spiro atoms. The van der Waals surface area contributed by atoms with Crippen molar-refractivity contribution in [3.05, 3.63) is 48.3 Å². The van der Waals surface area contributed by atoms with Crippen LogP contribution < -0.4 is 9.47 Å². The van der Waals surface area contributed by atoms with Crippen LogP contribution in [-0.4, -0.2) is 4.98 Å². The van der Waals surface area contributed by atoms with Crippen molar-refractivity contribution in [1.82, 2.24) is 4.98 Å². The Morgan fingerprint density at radius 2 is 1.87 bits per heavy atom. The molecule has 1 aromatic heterocycles. The molecule has 74 valence electrons. The molecular formula is C12H9NO2. The van der Waals surface area contributed by atoms with E-state index >= 15 is 0 Å². The van der Waals surface area contributed by atoms with Gasteiger partial charge < -0.3 is 9.47 Å². The number of fused-ring (bicyclic) bond motifs is 2. The Balaban J connectivity index is 2.10. The summed E-state index contributed by atoms with van der Waals surface area (Å²) in [7, 11) is 0. The number of aromatic nitrogens is 1. The molecule has 0 aliphatic carbocycles. The van der Waals surface area contributed by atoms with Crippen molar-refractivity contribution in [1.29, 1.82) is 0 Å². The fraction of sp³-hybridized carbons (Fsp3) is 0.0833. The van der Waals surface area contributed by atoms with Crippen molar-refractivity contribution in [3.63, 3.8) is 0 Å². The topological polar surface area (TPSA) is 31.4 Å². The van der Waals surface area contributed by atoms with Gasteiger partial charge in [0.15, 0.2) is 11.5 Å². The predicted molar refractivity (Wildman–Crippen MR) is 55.1 cm³/mol. The van der Waals surface area contributed by atoms with Gasteiger partial charge in [0.25, 0.3) is 0 Å². The molecule has 0 bridgehead atoms. The fourth-order valence-corrected chi connectivity index (χ4v) is 1.55. The Morgan fingerprint density at radius 1 is 1.00 bits per heavy atom. The van der Waals surface area contributed by atoms with Gasteiger partial charge in [-0.15, -0.1) is 0 Å². The van der Waals surface area contributed by atoms with Gasteiger partial charge in [0, 0.05) is 12.4 Å². The van der Waals surface area contributed by atoms with Crippen LogP contribution in [-0.2, 0) is 6.61 Å². The van der Waals surface area contributed by atoms with Gasteiger partial charge in [0.05, 0.1) is 5.56 Å². The van der Waals surface area contributed by atoms with Gasteiger partial charge in [-0.25, -0.2) is 0 Å². The van der Waals surface area contributed by atoms with Crippen LogP contribution in [0.2, 0.25) is 0 Å². The van der Waals surface area contributed by atoms with Crippen molar-refractivity contribution < 1.29 is 9.47 Å². The average molecular weight is 199 g/mol. The molecule has 0 N–H and O–H groups in total. The normalized spacial score (nSPS) is 12.8. The second-order valence-electron chi connectivity index (χ2n) is 3.32. The van der Waals surface area contributed by atoms with E-state index in [2.05, 4.69) is 4.98 Å². The molecule has 3 rings (SSSR count). The van der Waals surface area contributed by atoms with E-state index in [-0.39, 0.29) is 0 Å². The highest BCUT2D eigenvalue weighted by Crippen LogP contribution is 2.36.